The molecule has 88 valence electrons. The molecule has 0 bridgehead atoms. The largest absolute Gasteiger partial charge is 0.504 e. The van der Waals surface area contributed by atoms with Crippen LogP contribution in [-0.4, -0.2) is 35.9 Å². The average molecular weight is 225 g/mol. The van der Waals surface area contributed by atoms with Gasteiger partial charge >= 0.3 is 0 Å². The number of hydrogen-bond donors (Lipinski definition) is 3. The molecule has 5 nitrogen and oxygen atoms in total. The lowest BCUT2D eigenvalue weighted by atomic mass is 10.1. The summed E-state index contributed by atoms with van der Waals surface area (Å²) in [5, 5.41) is 21.2. The molecule has 0 fully saturated rings. The number of ketones is 1. The molecule has 0 aliphatic carbocycles. The van der Waals surface area contributed by atoms with Crippen molar-refractivity contribution in [2.45, 2.75) is 13.2 Å². The van der Waals surface area contributed by atoms with Crippen LogP contribution in [-0.2, 0) is 4.74 Å². The van der Waals surface area contributed by atoms with Gasteiger partial charge < -0.3 is 14.9 Å². The fourth-order valence-electron chi connectivity index (χ4n) is 1.12. The van der Waals surface area contributed by atoms with E-state index in [0.29, 0.717) is 5.56 Å². The van der Waals surface area contributed by atoms with Gasteiger partial charge in [-0.3, -0.25) is 10.1 Å². The van der Waals surface area contributed by atoms with Gasteiger partial charge in [0, 0.05) is 12.7 Å². The van der Waals surface area contributed by atoms with Crippen LogP contribution >= 0.6 is 0 Å². The molecular weight excluding hydrogens is 210 g/mol. The minimum Gasteiger partial charge on any atom is -0.504 e. The molecule has 0 saturated heterocycles. The van der Waals surface area contributed by atoms with Crippen LogP contribution < -0.4 is 5.32 Å². The molecule has 0 spiro atoms. The number of aromatic hydroxyl groups is 2. The molecule has 1 aromatic rings. The highest BCUT2D eigenvalue weighted by molar-refractivity contribution is 5.98. The molecule has 0 aromatic heterocycles. The summed E-state index contributed by atoms with van der Waals surface area (Å²) < 4.78 is 4.93. The van der Waals surface area contributed by atoms with Crippen molar-refractivity contribution in [1.82, 2.24) is 5.32 Å². The third-order valence-electron chi connectivity index (χ3n) is 2.20. The van der Waals surface area contributed by atoms with Gasteiger partial charge in [-0.2, -0.15) is 0 Å². The van der Waals surface area contributed by atoms with Crippen LogP contribution in [0.3, 0.4) is 0 Å². The zero-order valence-electron chi connectivity index (χ0n) is 9.23. The number of benzene rings is 1. The molecular formula is C11H15NO4. The summed E-state index contributed by atoms with van der Waals surface area (Å²) in [6.45, 7) is 1.89. The number of carbonyl (C=O) groups is 1. The van der Waals surface area contributed by atoms with Crippen LogP contribution in [0, 0.1) is 0 Å². The van der Waals surface area contributed by atoms with E-state index in [1.165, 1.54) is 25.3 Å². The third kappa shape index (κ3) is 3.22. The highest BCUT2D eigenvalue weighted by Gasteiger charge is 2.09. The summed E-state index contributed by atoms with van der Waals surface area (Å²) in [5.74, 6) is -0.723. The van der Waals surface area contributed by atoms with Crippen LogP contribution in [0.25, 0.3) is 0 Å². The number of carbonyl (C=O) groups excluding carboxylic acids is 1. The predicted molar refractivity (Wildman–Crippen MR) is 58.6 cm³/mol. The fourth-order valence-corrected chi connectivity index (χ4v) is 1.12. The smallest absolute Gasteiger partial charge is 0.176 e. The number of methoxy groups -OCH3 is 1. The Bertz CT molecular complexity index is 378. The van der Waals surface area contributed by atoms with Crippen molar-refractivity contribution < 1.29 is 19.7 Å². The first-order valence-corrected chi connectivity index (χ1v) is 4.86. The topological polar surface area (TPSA) is 78.8 Å². The van der Waals surface area contributed by atoms with E-state index < -0.39 is 0 Å². The Morgan fingerprint density at radius 2 is 2.12 bits per heavy atom. The second kappa shape index (κ2) is 5.48. The molecule has 1 unspecified atom stereocenters. The van der Waals surface area contributed by atoms with Gasteiger partial charge in [-0.1, -0.05) is 0 Å². The molecule has 0 saturated carbocycles. The summed E-state index contributed by atoms with van der Waals surface area (Å²) in [7, 11) is 1.54. The summed E-state index contributed by atoms with van der Waals surface area (Å²) in [6.07, 6.45) is -0.213. The molecule has 1 aromatic carbocycles. The van der Waals surface area contributed by atoms with Crippen LogP contribution in [0.1, 0.15) is 17.3 Å². The zero-order chi connectivity index (χ0) is 12.1. The second-order valence-electron chi connectivity index (χ2n) is 3.39. The van der Waals surface area contributed by atoms with Gasteiger partial charge in [-0.15, -0.1) is 0 Å². The number of hydrogen-bond acceptors (Lipinski definition) is 5. The Labute approximate surface area is 93.7 Å². The summed E-state index contributed by atoms with van der Waals surface area (Å²) in [5.41, 5.74) is 0.339. The van der Waals surface area contributed by atoms with Crippen molar-refractivity contribution in [3.8, 4) is 11.5 Å². The van der Waals surface area contributed by atoms with Gasteiger partial charge in [0.05, 0.1) is 6.54 Å². The lowest BCUT2D eigenvalue weighted by Gasteiger charge is -2.10. The van der Waals surface area contributed by atoms with E-state index in [1.807, 2.05) is 0 Å². The lowest BCUT2D eigenvalue weighted by molar-refractivity contribution is 0.0794. The highest BCUT2D eigenvalue weighted by atomic mass is 16.5. The second-order valence-corrected chi connectivity index (χ2v) is 3.39. The monoisotopic (exact) mass is 225 g/mol. The predicted octanol–water partition coefficient (Wildman–Crippen LogP) is 0.862. The van der Waals surface area contributed by atoms with Crippen LogP contribution in [0.5, 0.6) is 11.5 Å². The molecule has 0 heterocycles. The minimum atomic E-state index is -0.300. The minimum absolute atomic E-state index is 0.110. The molecule has 0 aliphatic rings. The van der Waals surface area contributed by atoms with E-state index in [-0.39, 0.29) is 30.1 Å². The van der Waals surface area contributed by atoms with Crippen LogP contribution in [0.2, 0.25) is 0 Å². The van der Waals surface area contributed by atoms with E-state index in [0.717, 1.165) is 0 Å². The maximum Gasteiger partial charge on any atom is 0.176 e. The van der Waals surface area contributed by atoms with Gasteiger partial charge in [0.25, 0.3) is 0 Å². The van der Waals surface area contributed by atoms with Crippen LogP contribution in [0.4, 0.5) is 0 Å². The van der Waals surface area contributed by atoms with Gasteiger partial charge in [0.2, 0.25) is 0 Å². The van der Waals surface area contributed by atoms with Gasteiger partial charge in [-0.25, -0.2) is 0 Å². The SMILES string of the molecule is COC(C)NCC(=O)c1ccc(O)c(O)c1. The maximum absolute atomic E-state index is 11.6. The maximum atomic E-state index is 11.6. The molecule has 16 heavy (non-hydrogen) atoms. The number of Topliss-reactive ketones (excluding diaryl/α,β-unsaturated/α-hetero) is 1. The zero-order valence-corrected chi connectivity index (χ0v) is 9.23. The van der Waals surface area contributed by atoms with Crippen molar-refractivity contribution in [1.29, 1.82) is 0 Å². The van der Waals surface area contributed by atoms with Crippen molar-refractivity contribution in [2.75, 3.05) is 13.7 Å². The van der Waals surface area contributed by atoms with Crippen LogP contribution in [0.15, 0.2) is 18.2 Å². The summed E-state index contributed by atoms with van der Waals surface area (Å²) >= 11 is 0. The molecule has 0 amide bonds. The van der Waals surface area contributed by atoms with Gasteiger partial charge in [0.1, 0.15) is 6.23 Å². The Morgan fingerprint density at radius 3 is 2.69 bits per heavy atom. The van der Waals surface area contributed by atoms with Crippen molar-refractivity contribution >= 4 is 5.78 Å². The Balaban J connectivity index is 2.63. The fraction of sp³-hybridized carbons (Fsp3) is 0.364. The van der Waals surface area contributed by atoms with Crippen molar-refractivity contribution in [3.05, 3.63) is 23.8 Å². The Hall–Kier alpha value is -1.59. The number of rotatable bonds is 5. The molecule has 1 atom stereocenters. The van der Waals surface area contributed by atoms with Gasteiger partial charge in [-0.05, 0) is 25.1 Å². The number of nitrogens with one attached hydrogen (secondary N) is 1. The number of ether oxygens (including phenoxy) is 1. The average Bonchev–Trinajstić information content (AvgIpc) is 2.29. The summed E-state index contributed by atoms with van der Waals surface area (Å²) in [4.78, 5) is 11.6. The van der Waals surface area contributed by atoms with Crippen molar-refractivity contribution in [2.24, 2.45) is 0 Å². The lowest BCUT2D eigenvalue weighted by Crippen LogP contribution is -2.32. The molecule has 0 aliphatic heterocycles. The molecule has 5 heteroatoms. The molecule has 3 N–H and O–H groups in total. The normalized spacial score (nSPS) is 12.4. The summed E-state index contributed by atoms with van der Waals surface area (Å²) in [6, 6.07) is 3.97. The Kier molecular flexibility index (Phi) is 4.28. The first kappa shape index (κ1) is 12.5. The number of phenols is 2. The van der Waals surface area contributed by atoms with E-state index in [9.17, 15) is 9.90 Å². The quantitative estimate of drug-likeness (QED) is 0.393. The van der Waals surface area contributed by atoms with Crippen molar-refractivity contribution in [3.63, 3.8) is 0 Å². The highest BCUT2D eigenvalue weighted by Crippen LogP contribution is 2.24. The van der Waals surface area contributed by atoms with Gasteiger partial charge in [0.15, 0.2) is 17.3 Å². The number of phenolic OH excluding ortho intramolecular Hbond substituents is 2. The molecule has 0 radical (unpaired) electrons. The standard InChI is InChI=1S/C11H15NO4/c1-7(16-2)12-6-11(15)8-3-4-9(13)10(14)5-8/h3-5,7,12-14H,6H2,1-2H3. The third-order valence-corrected chi connectivity index (χ3v) is 2.20. The first-order chi connectivity index (χ1) is 7.54. The van der Waals surface area contributed by atoms with E-state index in [1.54, 1.807) is 6.92 Å². The molecule has 1 rings (SSSR count). The van der Waals surface area contributed by atoms with E-state index in [4.69, 9.17) is 9.84 Å². The Morgan fingerprint density at radius 1 is 1.44 bits per heavy atom. The first-order valence-electron chi connectivity index (χ1n) is 4.86. The van der Waals surface area contributed by atoms with E-state index >= 15 is 0 Å². The van der Waals surface area contributed by atoms with E-state index in [2.05, 4.69) is 5.32 Å².